The minimum atomic E-state index is -0.328. The molecule has 2 heterocycles. The number of ether oxygens (including phenoxy) is 1. The van der Waals surface area contributed by atoms with Gasteiger partial charge in [0, 0.05) is 14.1 Å². The van der Waals surface area contributed by atoms with Crippen LogP contribution in [0.15, 0.2) is 36.4 Å². The molecule has 2 aromatic carbocycles. The molecule has 0 fully saturated rings. The van der Waals surface area contributed by atoms with Crippen LogP contribution in [0.5, 0.6) is 11.5 Å². The number of nitrogens with zero attached hydrogens (tertiary/aromatic N) is 2. The van der Waals surface area contributed by atoms with Gasteiger partial charge >= 0.3 is 3.18 Å². The fraction of sp³-hybridized carbons (Fsp3) is 0.391. The Balaban J connectivity index is 0.000000202. The molecule has 0 unspecified atom stereocenters. The summed E-state index contributed by atoms with van der Waals surface area (Å²) in [5, 5.41) is 9.60. The standard InChI is InChI=1S/C12H15NO2.C11H13NO2.BBr3/c1-12(2)8-6-5-7-9(15-4)10(8)11(14)13(12)3;1-11(2)7-5-4-6-8(13)9(7)10(14)12(11)3;2-1(3)4/h5-7H,1-4H3;4-6,13H,1-3H3;. The first kappa shape index (κ1) is 27.7. The second kappa shape index (κ2) is 10.4. The van der Waals surface area contributed by atoms with Crippen LogP contribution in [0.3, 0.4) is 0 Å². The van der Waals surface area contributed by atoms with Crippen molar-refractivity contribution in [3.8, 4) is 11.5 Å². The Morgan fingerprint density at radius 3 is 1.64 bits per heavy atom. The lowest BCUT2D eigenvalue weighted by Gasteiger charge is -2.28. The topological polar surface area (TPSA) is 70.1 Å². The van der Waals surface area contributed by atoms with Crippen LogP contribution in [0, 0.1) is 0 Å². The van der Waals surface area contributed by atoms with Crippen molar-refractivity contribution in [2.75, 3.05) is 21.2 Å². The highest BCUT2D eigenvalue weighted by molar-refractivity contribution is 9.69. The molecular formula is C23H28BBr3N2O4. The maximum absolute atomic E-state index is 12.0. The first-order valence-electron chi connectivity index (χ1n) is 10.2. The Kier molecular flexibility index (Phi) is 8.74. The number of carbonyl (C=O) groups excluding carboxylic acids is 2. The molecule has 0 saturated heterocycles. The van der Waals surface area contributed by atoms with Gasteiger partial charge in [0.15, 0.2) is 0 Å². The normalized spacial score (nSPS) is 16.8. The molecule has 0 bridgehead atoms. The first-order valence-corrected chi connectivity index (χ1v) is 12.9. The van der Waals surface area contributed by atoms with Crippen molar-refractivity contribution in [2.24, 2.45) is 0 Å². The zero-order valence-electron chi connectivity index (χ0n) is 19.7. The summed E-state index contributed by atoms with van der Waals surface area (Å²) in [5.74, 6) is 0.662. The lowest BCUT2D eigenvalue weighted by Crippen LogP contribution is -2.35. The second-order valence-corrected chi connectivity index (χ2v) is 15.1. The maximum atomic E-state index is 12.0. The van der Waals surface area contributed by atoms with Crippen LogP contribution in [0.2, 0.25) is 0 Å². The van der Waals surface area contributed by atoms with Crippen molar-refractivity contribution in [3.05, 3.63) is 58.7 Å². The quantitative estimate of drug-likeness (QED) is 0.393. The van der Waals surface area contributed by atoms with Gasteiger partial charge in [0.25, 0.3) is 11.8 Å². The Morgan fingerprint density at radius 2 is 1.21 bits per heavy atom. The molecular weight excluding hydrogens is 619 g/mol. The molecule has 0 radical (unpaired) electrons. The molecule has 2 amide bonds. The Labute approximate surface area is 220 Å². The van der Waals surface area contributed by atoms with Crippen LogP contribution in [0.4, 0.5) is 0 Å². The highest BCUT2D eigenvalue weighted by atomic mass is 79.9. The first-order chi connectivity index (χ1) is 15.2. The SMILES string of the molecule is BrB(Br)Br.CN1C(=O)c2c(O)cccc2C1(C)C.COc1cccc2c1C(=O)N(C)C2(C)C. The number of phenolic OH excluding ortho intramolecular Hbond substituents is 1. The van der Waals surface area contributed by atoms with E-state index in [-0.39, 0.29) is 31.8 Å². The summed E-state index contributed by atoms with van der Waals surface area (Å²) in [6.45, 7) is 8.01. The molecule has 2 aliphatic heterocycles. The van der Waals surface area contributed by atoms with Gasteiger partial charge < -0.3 is 19.6 Å². The number of hydrogen-bond donors (Lipinski definition) is 1. The summed E-state index contributed by atoms with van der Waals surface area (Å²) in [6, 6.07) is 10.9. The third-order valence-corrected chi connectivity index (χ3v) is 6.32. The molecule has 0 saturated carbocycles. The van der Waals surface area contributed by atoms with Crippen molar-refractivity contribution in [1.82, 2.24) is 9.80 Å². The number of halogens is 3. The van der Waals surface area contributed by atoms with E-state index in [4.69, 9.17) is 4.74 Å². The number of hydrogen-bond acceptors (Lipinski definition) is 4. The number of benzene rings is 2. The summed E-state index contributed by atoms with van der Waals surface area (Å²) in [7, 11) is 5.16. The van der Waals surface area contributed by atoms with Gasteiger partial charge in [-0.2, -0.15) is 0 Å². The molecule has 2 aromatic rings. The number of carbonyl (C=O) groups is 2. The summed E-state index contributed by atoms with van der Waals surface area (Å²) >= 11 is 9.31. The molecule has 33 heavy (non-hydrogen) atoms. The lowest BCUT2D eigenvalue weighted by atomic mass is 9.94. The van der Waals surface area contributed by atoms with Gasteiger partial charge in [-0.15, -0.1) is 47.3 Å². The molecule has 10 heteroatoms. The molecule has 0 spiro atoms. The maximum Gasteiger partial charge on any atom is 0.369 e. The van der Waals surface area contributed by atoms with E-state index in [0.717, 1.165) is 11.1 Å². The van der Waals surface area contributed by atoms with Gasteiger partial charge in [0.05, 0.1) is 29.3 Å². The van der Waals surface area contributed by atoms with Gasteiger partial charge in [-0.05, 0) is 51.0 Å². The fourth-order valence-electron chi connectivity index (χ4n) is 3.91. The number of aromatic hydroxyl groups is 1. The van der Waals surface area contributed by atoms with Gasteiger partial charge in [-0.3, -0.25) is 9.59 Å². The van der Waals surface area contributed by atoms with Crippen LogP contribution in [-0.2, 0) is 11.1 Å². The largest absolute Gasteiger partial charge is 0.507 e. The van der Waals surface area contributed by atoms with Crippen LogP contribution in [0.25, 0.3) is 0 Å². The third-order valence-electron chi connectivity index (χ3n) is 6.32. The fourth-order valence-corrected chi connectivity index (χ4v) is 3.91. The summed E-state index contributed by atoms with van der Waals surface area (Å²) in [5.41, 5.74) is 2.50. The van der Waals surface area contributed by atoms with E-state index in [1.54, 1.807) is 36.1 Å². The Morgan fingerprint density at radius 1 is 0.818 bits per heavy atom. The highest BCUT2D eigenvalue weighted by Crippen LogP contribution is 2.42. The van der Waals surface area contributed by atoms with E-state index in [2.05, 4.69) is 47.3 Å². The van der Waals surface area contributed by atoms with E-state index in [1.807, 2.05) is 59.0 Å². The predicted molar refractivity (Wildman–Crippen MR) is 144 cm³/mol. The second-order valence-electron chi connectivity index (χ2n) is 8.68. The highest BCUT2D eigenvalue weighted by Gasteiger charge is 2.43. The predicted octanol–water partition coefficient (Wildman–Crippen LogP) is 5.88. The van der Waals surface area contributed by atoms with Crippen molar-refractivity contribution in [3.63, 3.8) is 0 Å². The van der Waals surface area contributed by atoms with Gasteiger partial charge in [0.2, 0.25) is 0 Å². The van der Waals surface area contributed by atoms with Gasteiger partial charge in [-0.1, -0.05) is 24.3 Å². The van der Waals surface area contributed by atoms with Crippen LogP contribution < -0.4 is 4.74 Å². The van der Waals surface area contributed by atoms with Crippen molar-refractivity contribution < 1.29 is 19.4 Å². The minimum Gasteiger partial charge on any atom is -0.507 e. The molecule has 2 aliphatic rings. The van der Waals surface area contributed by atoms with Crippen LogP contribution in [0.1, 0.15) is 59.5 Å². The summed E-state index contributed by atoms with van der Waals surface area (Å²) in [6.07, 6.45) is 0. The molecule has 0 aromatic heterocycles. The number of rotatable bonds is 1. The number of phenols is 1. The van der Waals surface area contributed by atoms with Crippen molar-refractivity contribution >= 4 is 62.3 Å². The Hall–Kier alpha value is -1.52. The lowest BCUT2D eigenvalue weighted by molar-refractivity contribution is 0.0681. The summed E-state index contributed by atoms with van der Waals surface area (Å²) < 4.78 is 5.49. The van der Waals surface area contributed by atoms with Gasteiger partial charge in [-0.25, -0.2) is 0 Å². The molecule has 4 rings (SSSR count). The smallest absolute Gasteiger partial charge is 0.369 e. The summed E-state index contributed by atoms with van der Waals surface area (Å²) in [4.78, 5) is 27.2. The van der Waals surface area contributed by atoms with Gasteiger partial charge in [0.1, 0.15) is 11.5 Å². The molecule has 0 aliphatic carbocycles. The van der Waals surface area contributed by atoms with E-state index in [9.17, 15) is 14.7 Å². The molecule has 6 nitrogen and oxygen atoms in total. The number of fused-ring (bicyclic) bond motifs is 2. The van der Waals surface area contributed by atoms with E-state index < -0.39 is 0 Å². The molecule has 0 atom stereocenters. The van der Waals surface area contributed by atoms with E-state index >= 15 is 0 Å². The number of methoxy groups -OCH3 is 1. The van der Waals surface area contributed by atoms with E-state index in [0.29, 0.717) is 16.9 Å². The zero-order chi connectivity index (χ0) is 25.3. The van der Waals surface area contributed by atoms with Crippen LogP contribution >= 0.6 is 47.3 Å². The molecule has 178 valence electrons. The van der Waals surface area contributed by atoms with E-state index in [1.165, 1.54) is 0 Å². The number of amides is 2. The zero-order valence-corrected chi connectivity index (χ0v) is 24.5. The van der Waals surface area contributed by atoms with Crippen molar-refractivity contribution in [2.45, 2.75) is 38.8 Å². The minimum absolute atomic E-state index is 0.0347. The van der Waals surface area contributed by atoms with Crippen LogP contribution in [-0.4, -0.2) is 51.1 Å². The third kappa shape index (κ3) is 5.27. The monoisotopic (exact) mass is 644 g/mol. The Bertz CT molecular complexity index is 1060. The average molecular weight is 647 g/mol. The van der Waals surface area contributed by atoms with Crippen molar-refractivity contribution in [1.29, 1.82) is 0 Å². The molecule has 1 N–H and O–H groups in total. The average Bonchev–Trinajstić information content (AvgIpc) is 3.03.